The van der Waals surface area contributed by atoms with Crippen LogP contribution in [0.15, 0.2) is 0 Å². The van der Waals surface area contributed by atoms with Crippen molar-refractivity contribution in [3.8, 4) is 0 Å². The Morgan fingerprint density at radius 1 is 1.73 bits per heavy atom. The van der Waals surface area contributed by atoms with Gasteiger partial charge in [0.2, 0.25) is 0 Å². The van der Waals surface area contributed by atoms with Gasteiger partial charge in [-0.1, -0.05) is 0 Å². The van der Waals surface area contributed by atoms with E-state index in [9.17, 15) is 13.9 Å². The smallest absolute Gasteiger partial charge is 0.349 e. The van der Waals surface area contributed by atoms with Gasteiger partial charge in [0.05, 0.1) is 0 Å². The third-order valence-corrected chi connectivity index (χ3v) is 3.35. The fourth-order valence-corrected chi connectivity index (χ4v) is 2.65. The van der Waals surface area contributed by atoms with Crippen molar-refractivity contribution in [2.24, 2.45) is 0 Å². The van der Waals surface area contributed by atoms with Crippen molar-refractivity contribution in [2.75, 3.05) is 6.16 Å². The first-order valence-corrected chi connectivity index (χ1v) is 6.16. The van der Waals surface area contributed by atoms with Gasteiger partial charge in [0, 0.05) is 11.8 Å². The summed E-state index contributed by atoms with van der Waals surface area (Å²) in [5.74, 6) is -1.51. The molecule has 0 saturated carbocycles. The second kappa shape index (κ2) is 4.09. The first-order valence-electron chi connectivity index (χ1n) is 2.21. The predicted molar refractivity (Wildman–Crippen MR) is 38.4 cm³/mol. The first kappa shape index (κ1) is 10.9. The third-order valence-electron chi connectivity index (χ3n) is 0.529. The summed E-state index contributed by atoms with van der Waals surface area (Å²) in [6.45, 7) is -2.66. The molecule has 2 unspecified atom stereocenters. The van der Waals surface area contributed by atoms with E-state index in [0.29, 0.717) is 0 Å². The van der Waals surface area contributed by atoms with Gasteiger partial charge in [0.25, 0.3) is 0 Å². The van der Waals surface area contributed by atoms with Crippen molar-refractivity contribution < 1.29 is 28.2 Å². The lowest BCUT2D eigenvalue weighted by Crippen LogP contribution is -2.02. The zero-order valence-corrected chi connectivity index (χ0v) is 7.64. The number of aliphatic carboxylic acids is 1. The molecule has 0 bridgehead atoms. The monoisotopic (exact) mass is 218 g/mol. The van der Waals surface area contributed by atoms with Gasteiger partial charge >= 0.3 is 20.4 Å². The van der Waals surface area contributed by atoms with Gasteiger partial charge in [0.15, 0.2) is 0 Å². The Kier molecular flexibility index (Phi) is 4.07. The number of carbonyl (C=O) groups is 1. The fourth-order valence-electron chi connectivity index (χ4n) is 0.304. The Morgan fingerprint density at radius 2 is 2.18 bits per heavy atom. The normalized spacial score (nSPS) is 17.0. The molecular formula is C2H4O6P2S. The lowest BCUT2D eigenvalue weighted by Gasteiger charge is -2.01. The highest BCUT2D eigenvalue weighted by atomic mass is 32.4. The molecule has 2 N–H and O–H groups in total. The van der Waals surface area contributed by atoms with Gasteiger partial charge < -0.3 is 10.00 Å². The number of rotatable bonds is 4. The maximum absolute atomic E-state index is 10.5. The van der Waals surface area contributed by atoms with Crippen LogP contribution >= 0.6 is 14.4 Å². The van der Waals surface area contributed by atoms with Crippen molar-refractivity contribution in [2.45, 2.75) is 0 Å². The second-order valence-electron chi connectivity index (χ2n) is 1.49. The summed E-state index contributed by atoms with van der Waals surface area (Å²) in [7, 11) is -4.29. The Labute approximate surface area is 67.3 Å². The van der Waals surface area contributed by atoms with E-state index in [4.69, 9.17) is 10.00 Å². The number of carboxylic acids is 1. The van der Waals surface area contributed by atoms with Gasteiger partial charge in [-0.2, -0.15) is 0 Å². The number of hydrogen-bond acceptors (Lipinski definition) is 5. The molecular weight excluding hydrogens is 214 g/mol. The molecule has 2 atom stereocenters. The van der Waals surface area contributed by atoms with Crippen molar-refractivity contribution in [3.05, 3.63) is 0 Å². The van der Waals surface area contributed by atoms with Gasteiger partial charge in [-0.3, -0.25) is 9.36 Å². The average Bonchev–Trinajstić information content (AvgIpc) is 1.53. The minimum atomic E-state index is -4.29. The van der Waals surface area contributed by atoms with Crippen molar-refractivity contribution in [3.63, 3.8) is 0 Å². The van der Waals surface area contributed by atoms with E-state index in [1.165, 1.54) is 0 Å². The molecule has 0 rings (SSSR count). The molecule has 9 heteroatoms. The average molecular weight is 218 g/mol. The lowest BCUT2D eigenvalue weighted by atomic mass is 10.8. The first-order chi connectivity index (χ1) is 4.83. The maximum Gasteiger partial charge on any atom is 0.349 e. The third kappa shape index (κ3) is 6.34. The predicted octanol–water partition coefficient (Wildman–Crippen LogP) is 0.477. The highest BCUT2D eigenvalue weighted by Gasteiger charge is 2.24. The molecule has 0 aromatic carbocycles. The van der Waals surface area contributed by atoms with Gasteiger partial charge in [-0.15, -0.1) is 0 Å². The van der Waals surface area contributed by atoms with E-state index < -0.39 is 26.5 Å². The summed E-state index contributed by atoms with van der Waals surface area (Å²) < 4.78 is 24.4. The van der Waals surface area contributed by atoms with E-state index in [0.717, 1.165) is 0 Å². The van der Waals surface area contributed by atoms with E-state index in [2.05, 4.69) is 16.1 Å². The zero-order valence-electron chi connectivity index (χ0n) is 5.04. The maximum atomic E-state index is 10.5. The van der Waals surface area contributed by atoms with Crippen LogP contribution in [0.25, 0.3) is 0 Å². The molecule has 0 radical (unpaired) electrons. The minimum absolute atomic E-state index is 1.09. The van der Waals surface area contributed by atoms with Gasteiger partial charge in [-0.05, 0) is 0 Å². The van der Waals surface area contributed by atoms with Crippen LogP contribution in [0.4, 0.5) is 0 Å². The molecule has 11 heavy (non-hydrogen) atoms. The second-order valence-corrected chi connectivity index (χ2v) is 5.08. The van der Waals surface area contributed by atoms with E-state index in [1.54, 1.807) is 0 Å². The Bertz CT molecular complexity index is 260. The van der Waals surface area contributed by atoms with E-state index in [1.807, 2.05) is 0 Å². The molecule has 0 heterocycles. The molecule has 0 aliphatic rings. The van der Waals surface area contributed by atoms with Crippen LogP contribution in [-0.2, 0) is 30.0 Å². The molecule has 0 aliphatic heterocycles. The molecule has 0 aromatic heterocycles. The largest absolute Gasteiger partial charge is 0.481 e. The summed E-state index contributed by atoms with van der Waals surface area (Å²) in [6.07, 6.45) is -1.09. The van der Waals surface area contributed by atoms with Crippen LogP contribution in [0.2, 0.25) is 0 Å². The highest BCUT2D eigenvalue weighted by Crippen LogP contribution is 2.46. The van der Waals surface area contributed by atoms with Crippen LogP contribution in [0.3, 0.4) is 0 Å². The van der Waals surface area contributed by atoms with Gasteiger partial charge in [-0.25, -0.2) is 8.88 Å². The molecule has 0 spiro atoms. The number of hydrogen-bond donors (Lipinski definition) is 2. The Balaban J connectivity index is 4.23. The molecule has 0 fully saturated rings. The summed E-state index contributed by atoms with van der Waals surface area (Å²) in [5, 5.41) is 8.02. The molecule has 64 valence electrons. The summed E-state index contributed by atoms with van der Waals surface area (Å²) >= 11 is 3.94. The van der Waals surface area contributed by atoms with Crippen molar-refractivity contribution >= 4 is 32.2 Å². The lowest BCUT2D eigenvalue weighted by molar-refractivity contribution is -0.134. The van der Waals surface area contributed by atoms with Crippen LogP contribution < -0.4 is 0 Å². The summed E-state index contributed by atoms with van der Waals surface area (Å²) in [5.41, 5.74) is 0. The molecule has 0 amide bonds. The SMILES string of the molecule is O=C(O)CP(=O)(O)OP(=O)=S. The van der Waals surface area contributed by atoms with E-state index in [-0.39, 0.29) is 0 Å². The summed E-state index contributed by atoms with van der Waals surface area (Å²) in [6, 6.07) is 0. The molecule has 6 nitrogen and oxygen atoms in total. The molecule has 0 saturated heterocycles. The van der Waals surface area contributed by atoms with Crippen LogP contribution in [0.1, 0.15) is 0 Å². The Hall–Kier alpha value is -0.0600. The highest BCUT2D eigenvalue weighted by molar-refractivity contribution is 7.98. The molecule has 0 aliphatic carbocycles. The van der Waals surface area contributed by atoms with Crippen LogP contribution in [0.5, 0.6) is 0 Å². The number of carboxylic acid groups (broad SMARTS) is 1. The quantitative estimate of drug-likeness (QED) is 0.661. The fraction of sp³-hybridized carbons (Fsp3) is 0.500. The standard InChI is InChI=1S/C2H4O6P2S/c3-2(4)1-10(6,7)8-9(5)11/h1H2,(H,3,4)(H,6,7). The van der Waals surface area contributed by atoms with E-state index >= 15 is 0 Å². The molecule has 0 aromatic rings. The minimum Gasteiger partial charge on any atom is -0.481 e. The van der Waals surface area contributed by atoms with Crippen LogP contribution in [-0.4, -0.2) is 22.1 Å². The van der Waals surface area contributed by atoms with Crippen LogP contribution in [0, 0.1) is 0 Å². The zero-order chi connectivity index (χ0) is 9.07. The Morgan fingerprint density at radius 3 is 2.45 bits per heavy atom. The summed E-state index contributed by atoms with van der Waals surface area (Å²) in [4.78, 5) is 18.4. The van der Waals surface area contributed by atoms with Crippen molar-refractivity contribution in [1.82, 2.24) is 0 Å². The topological polar surface area (TPSA) is 101 Å². The van der Waals surface area contributed by atoms with Gasteiger partial charge in [0.1, 0.15) is 6.16 Å². The van der Waals surface area contributed by atoms with Crippen molar-refractivity contribution in [1.29, 1.82) is 0 Å².